The van der Waals surface area contributed by atoms with Crippen LogP contribution >= 0.6 is 0 Å². The average Bonchev–Trinajstić information content (AvgIpc) is 2.96. The molecular weight excluding hydrogens is 349 g/mol. The molecule has 2 fully saturated rings. The minimum Gasteiger partial charge on any atom is -0.496 e. The Morgan fingerprint density at radius 3 is 2.74 bits per heavy atom. The maximum absolute atomic E-state index is 13.7. The van der Waals surface area contributed by atoms with Gasteiger partial charge in [0.1, 0.15) is 11.6 Å². The van der Waals surface area contributed by atoms with Crippen LogP contribution < -0.4 is 4.74 Å². The van der Waals surface area contributed by atoms with Crippen LogP contribution in [0.5, 0.6) is 5.75 Å². The van der Waals surface area contributed by atoms with Gasteiger partial charge in [-0.2, -0.15) is 0 Å². The van der Waals surface area contributed by atoms with Gasteiger partial charge in [-0.15, -0.1) is 0 Å². The van der Waals surface area contributed by atoms with Crippen molar-refractivity contribution in [1.82, 2.24) is 14.7 Å². The number of rotatable bonds is 5. The summed E-state index contributed by atoms with van der Waals surface area (Å²) in [5, 5.41) is 9.83. The van der Waals surface area contributed by atoms with Crippen molar-refractivity contribution in [3.63, 3.8) is 0 Å². The van der Waals surface area contributed by atoms with Gasteiger partial charge >= 0.3 is 0 Å². The third-order valence-electron chi connectivity index (χ3n) is 5.79. The lowest BCUT2D eigenvalue weighted by Gasteiger charge is -2.26. The molecule has 2 saturated heterocycles. The number of methoxy groups -OCH3 is 1. The SMILES string of the molecule is COc1ccc(F)cc1C(=O)N1CC(CO)C(CN2CCCN(C)CC2)C1. The van der Waals surface area contributed by atoms with E-state index in [0.29, 0.717) is 18.8 Å². The van der Waals surface area contributed by atoms with Gasteiger partial charge in [0.25, 0.3) is 5.91 Å². The normalized spacial score (nSPS) is 24.8. The number of hydrogen-bond acceptors (Lipinski definition) is 5. The van der Waals surface area contributed by atoms with Gasteiger partial charge in [-0.05, 0) is 50.7 Å². The fraction of sp³-hybridized carbons (Fsp3) is 0.650. The molecule has 27 heavy (non-hydrogen) atoms. The maximum Gasteiger partial charge on any atom is 0.257 e. The third-order valence-corrected chi connectivity index (χ3v) is 5.79. The Bertz CT molecular complexity index is 657. The number of carbonyl (C=O) groups is 1. The number of amides is 1. The molecule has 0 spiro atoms. The molecule has 2 unspecified atom stereocenters. The molecule has 1 aromatic rings. The number of halogens is 1. The van der Waals surface area contributed by atoms with Crippen LogP contribution in [0.2, 0.25) is 0 Å². The number of likely N-dealkylation sites (N-methyl/N-ethyl adjacent to an activating group) is 1. The van der Waals surface area contributed by atoms with E-state index in [0.717, 1.165) is 39.1 Å². The number of ether oxygens (including phenoxy) is 1. The molecule has 2 heterocycles. The van der Waals surface area contributed by atoms with Crippen LogP contribution in [0.1, 0.15) is 16.8 Å². The number of aliphatic hydroxyl groups excluding tert-OH is 1. The summed E-state index contributed by atoms with van der Waals surface area (Å²) in [6, 6.07) is 4.00. The first-order chi connectivity index (χ1) is 13.0. The molecule has 0 aliphatic carbocycles. The Kier molecular flexibility index (Phi) is 6.68. The molecule has 0 bridgehead atoms. The topological polar surface area (TPSA) is 56.2 Å². The third kappa shape index (κ3) is 4.78. The quantitative estimate of drug-likeness (QED) is 0.832. The van der Waals surface area contributed by atoms with Crippen LogP contribution in [0.3, 0.4) is 0 Å². The van der Waals surface area contributed by atoms with Crippen LogP contribution in [-0.4, -0.2) is 92.3 Å². The van der Waals surface area contributed by atoms with E-state index in [-0.39, 0.29) is 29.9 Å². The van der Waals surface area contributed by atoms with Crippen molar-refractivity contribution in [2.24, 2.45) is 11.8 Å². The van der Waals surface area contributed by atoms with Crippen molar-refractivity contribution in [1.29, 1.82) is 0 Å². The number of likely N-dealkylation sites (tertiary alicyclic amines) is 1. The van der Waals surface area contributed by atoms with Crippen molar-refractivity contribution >= 4 is 5.91 Å². The minimum atomic E-state index is -0.456. The molecule has 3 rings (SSSR count). The Morgan fingerprint density at radius 2 is 2.00 bits per heavy atom. The Labute approximate surface area is 160 Å². The van der Waals surface area contributed by atoms with E-state index < -0.39 is 5.82 Å². The number of carbonyl (C=O) groups excluding carboxylic acids is 1. The predicted octanol–water partition coefficient (Wildman–Crippen LogP) is 1.15. The van der Waals surface area contributed by atoms with Crippen LogP contribution in [-0.2, 0) is 0 Å². The molecule has 1 aromatic carbocycles. The van der Waals surface area contributed by atoms with E-state index in [1.807, 2.05) is 0 Å². The van der Waals surface area contributed by atoms with Gasteiger partial charge in [0.05, 0.1) is 12.7 Å². The first kappa shape index (κ1) is 20.0. The number of nitrogens with zero attached hydrogens (tertiary/aromatic N) is 3. The molecule has 1 N–H and O–H groups in total. The summed E-state index contributed by atoms with van der Waals surface area (Å²) in [5.74, 6) is -0.0393. The van der Waals surface area contributed by atoms with Crippen molar-refractivity contribution in [3.8, 4) is 5.75 Å². The summed E-state index contributed by atoms with van der Waals surface area (Å²) < 4.78 is 18.9. The minimum absolute atomic E-state index is 0.0505. The second kappa shape index (κ2) is 8.99. The highest BCUT2D eigenvalue weighted by molar-refractivity contribution is 5.97. The predicted molar refractivity (Wildman–Crippen MR) is 101 cm³/mol. The summed E-state index contributed by atoms with van der Waals surface area (Å²) in [4.78, 5) is 19.5. The molecule has 6 nitrogen and oxygen atoms in total. The van der Waals surface area contributed by atoms with E-state index in [1.54, 1.807) is 4.90 Å². The molecule has 150 valence electrons. The standard InChI is InChI=1S/C20H30FN3O3/c1-22-6-3-7-23(9-8-22)11-15-12-24(13-16(15)14-25)20(26)18-10-17(21)4-5-19(18)27-2/h4-5,10,15-16,25H,3,6-9,11-14H2,1-2H3. The summed E-state index contributed by atoms with van der Waals surface area (Å²) in [5.41, 5.74) is 0.242. The van der Waals surface area contributed by atoms with E-state index in [2.05, 4.69) is 16.8 Å². The molecule has 1 amide bonds. The average molecular weight is 379 g/mol. The number of benzene rings is 1. The molecule has 0 saturated carbocycles. The molecule has 2 aliphatic rings. The van der Waals surface area contributed by atoms with E-state index in [1.165, 1.54) is 25.3 Å². The van der Waals surface area contributed by atoms with Crippen molar-refractivity contribution < 1.29 is 19.0 Å². The van der Waals surface area contributed by atoms with Gasteiger partial charge in [-0.25, -0.2) is 4.39 Å². The summed E-state index contributed by atoms with van der Waals surface area (Å²) in [7, 11) is 3.62. The largest absolute Gasteiger partial charge is 0.496 e. The Hall–Kier alpha value is -1.70. The van der Waals surface area contributed by atoms with Crippen LogP contribution in [0.15, 0.2) is 18.2 Å². The van der Waals surface area contributed by atoms with Gasteiger partial charge in [-0.3, -0.25) is 4.79 Å². The van der Waals surface area contributed by atoms with Gasteiger partial charge < -0.3 is 24.5 Å². The lowest BCUT2D eigenvalue weighted by molar-refractivity contribution is 0.0775. The van der Waals surface area contributed by atoms with Crippen LogP contribution in [0.25, 0.3) is 0 Å². The second-order valence-electron chi connectivity index (χ2n) is 7.71. The smallest absolute Gasteiger partial charge is 0.257 e. The summed E-state index contributed by atoms with van der Waals surface area (Å²) >= 11 is 0. The monoisotopic (exact) mass is 379 g/mol. The zero-order chi connectivity index (χ0) is 19.4. The summed E-state index contributed by atoms with van der Waals surface area (Å²) in [6.07, 6.45) is 1.14. The van der Waals surface area contributed by atoms with Gasteiger partial charge in [-0.1, -0.05) is 0 Å². The molecule has 7 heteroatoms. The van der Waals surface area contributed by atoms with Crippen LogP contribution in [0.4, 0.5) is 4.39 Å². The lowest BCUT2D eigenvalue weighted by Crippen LogP contribution is -2.36. The fourth-order valence-electron chi connectivity index (χ4n) is 4.15. The number of aliphatic hydroxyl groups is 1. The van der Waals surface area contributed by atoms with E-state index in [4.69, 9.17) is 4.74 Å². The molecule has 2 aliphatic heterocycles. The lowest BCUT2D eigenvalue weighted by atomic mass is 9.96. The Balaban J connectivity index is 1.68. The van der Waals surface area contributed by atoms with Gasteiger partial charge in [0.2, 0.25) is 0 Å². The summed E-state index contributed by atoms with van der Waals surface area (Å²) in [6.45, 7) is 6.21. The fourth-order valence-corrected chi connectivity index (χ4v) is 4.15. The van der Waals surface area contributed by atoms with Gasteiger partial charge in [0.15, 0.2) is 0 Å². The zero-order valence-corrected chi connectivity index (χ0v) is 16.2. The van der Waals surface area contributed by atoms with Crippen LogP contribution in [0, 0.1) is 17.7 Å². The van der Waals surface area contributed by atoms with Crippen molar-refractivity contribution in [2.45, 2.75) is 6.42 Å². The maximum atomic E-state index is 13.7. The van der Waals surface area contributed by atoms with E-state index >= 15 is 0 Å². The van der Waals surface area contributed by atoms with Crippen molar-refractivity contribution in [2.75, 3.05) is 66.6 Å². The number of hydrogen-bond donors (Lipinski definition) is 1. The second-order valence-corrected chi connectivity index (χ2v) is 7.71. The van der Waals surface area contributed by atoms with Crippen molar-refractivity contribution in [3.05, 3.63) is 29.6 Å². The first-order valence-electron chi connectivity index (χ1n) is 9.66. The van der Waals surface area contributed by atoms with E-state index in [9.17, 15) is 14.3 Å². The highest BCUT2D eigenvalue weighted by Crippen LogP contribution is 2.28. The highest BCUT2D eigenvalue weighted by Gasteiger charge is 2.37. The molecule has 2 atom stereocenters. The first-order valence-corrected chi connectivity index (χ1v) is 9.66. The molecular formula is C20H30FN3O3. The zero-order valence-electron chi connectivity index (χ0n) is 16.2. The van der Waals surface area contributed by atoms with Gasteiger partial charge in [0, 0.05) is 45.2 Å². The Morgan fingerprint density at radius 1 is 1.22 bits per heavy atom. The highest BCUT2D eigenvalue weighted by atomic mass is 19.1. The molecule has 0 radical (unpaired) electrons. The molecule has 0 aromatic heterocycles.